The van der Waals surface area contributed by atoms with Crippen LogP contribution in [0.1, 0.15) is 40.5 Å². The van der Waals surface area contributed by atoms with Crippen molar-refractivity contribution in [2.75, 3.05) is 44.2 Å². The predicted molar refractivity (Wildman–Crippen MR) is 193 cm³/mol. The zero-order valence-electron chi connectivity index (χ0n) is 29.5. The molecular weight excluding hydrogens is 675 g/mol. The molecule has 0 aliphatic carbocycles. The molecule has 0 radical (unpaired) electrons. The number of methoxy groups -OCH3 is 1. The summed E-state index contributed by atoms with van der Waals surface area (Å²) in [6, 6.07) is 20.3. The summed E-state index contributed by atoms with van der Waals surface area (Å²) in [5, 5.41) is 14.4. The van der Waals surface area contributed by atoms with Crippen LogP contribution in [-0.4, -0.2) is 87.7 Å². The predicted octanol–water partition coefficient (Wildman–Crippen LogP) is 5.56. The van der Waals surface area contributed by atoms with Crippen molar-refractivity contribution in [2.45, 2.75) is 65.3 Å². The van der Waals surface area contributed by atoms with E-state index >= 15 is 0 Å². The molecule has 0 aliphatic heterocycles. The van der Waals surface area contributed by atoms with Gasteiger partial charge in [0.05, 0.1) is 38.1 Å². The average Bonchev–Trinajstić information content (AvgIpc) is 3.53. The topological polar surface area (TPSA) is 175 Å². The Balaban J connectivity index is 1.49. The van der Waals surface area contributed by atoms with Crippen LogP contribution in [-0.2, 0) is 29.9 Å². The van der Waals surface area contributed by atoms with Crippen molar-refractivity contribution in [3.8, 4) is 17.6 Å². The third-order valence-electron chi connectivity index (χ3n) is 7.26. The summed E-state index contributed by atoms with van der Waals surface area (Å²) in [6.07, 6.45) is 2.04. The molecule has 2 aromatic heterocycles. The molecule has 4 aromatic rings. The molecule has 1 unspecified atom stereocenters. The molecule has 0 spiro atoms. The monoisotopic (exact) mass is 720 g/mol. The molecule has 0 saturated heterocycles. The summed E-state index contributed by atoms with van der Waals surface area (Å²) < 4.78 is 33.2. The van der Waals surface area contributed by atoms with Crippen LogP contribution in [0, 0.1) is 11.3 Å². The van der Waals surface area contributed by atoms with Gasteiger partial charge in [0.2, 0.25) is 5.95 Å². The van der Waals surface area contributed by atoms with Crippen LogP contribution >= 0.6 is 8.53 Å². The van der Waals surface area contributed by atoms with Crippen LogP contribution in [0.5, 0.6) is 11.5 Å². The number of ether oxygens (including phenoxy) is 3. The number of nitrogens with zero attached hydrogens (tertiary/aromatic N) is 6. The fraction of sp³-hybridized carbons (Fsp3) is 0.429. The maximum Gasteiger partial charge on any atom is 0.264 e. The van der Waals surface area contributed by atoms with Crippen molar-refractivity contribution < 1.29 is 32.8 Å². The lowest BCUT2D eigenvalue weighted by Gasteiger charge is -2.36. The second-order valence-corrected chi connectivity index (χ2v) is 13.2. The van der Waals surface area contributed by atoms with E-state index in [4.69, 9.17) is 28.5 Å². The molecule has 2 amide bonds. The molecule has 4 rings (SSSR count). The summed E-state index contributed by atoms with van der Waals surface area (Å²) in [5.74, 6) is 0.173. The lowest BCUT2D eigenvalue weighted by molar-refractivity contribution is -0.118. The number of benzene rings is 2. The van der Waals surface area contributed by atoms with Crippen LogP contribution in [0.4, 0.5) is 11.8 Å². The number of carbonyl (C=O) groups is 2. The fourth-order valence-corrected chi connectivity index (χ4v) is 6.56. The third kappa shape index (κ3) is 12.2. The number of nitriles is 1. The highest BCUT2D eigenvalue weighted by atomic mass is 31.2. The first-order valence-corrected chi connectivity index (χ1v) is 17.7. The Morgan fingerprint density at radius 3 is 2.08 bits per heavy atom. The number of anilines is 2. The van der Waals surface area contributed by atoms with Crippen molar-refractivity contribution in [1.82, 2.24) is 24.2 Å². The highest BCUT2D eigenvalue weighted by Gasteiger charge is 2.28. The molecule has 2 heterocycles. The minimum Gasteiger partial charge on any atom is -0.484 e. The van der Waals surface area contributed by atoms with Gasteiger partial charge in [-0.1, -0.05) is 36.4 Å². The Bertz CT molecular complexity index is 1710. The first-order valence-electron chi connectivity index (χ1n) is 16.6. The molecule has 0 saturated carbocycles. The van der Waals surface area contributed by atoms with Gasteiger partial charge in [-0.2, -0.15) is 15.2 Å². The molecule has 16 heteroatoms. The number of aromatic nitrogens is 4. The minimum atomic E-state index is -1.44. The van der Waals surface area contributed by atoms with Crippen LogP contribution in [0.25, 0.3) is 11.2 Å². The van der Waals surface area contributed by atoms with Crippen molar-refractivity contribution in [2.24, 2.45) is 0 Å². The molecule has 2 atom stereocenters. The van der Waals surface area contributed by atoms with Gasteiger partial charge < -0.3 is 33.1 Å². The summed E-state index contributed by atoms with van der Waals surface area (Å²) in [5.41, 5.74) is 0.706. The molecule has 0 aliphatic rings. The number of fused-ring (bicyclic) bond motifs is 1. The third-order valence-corrected chi connectivity index (χ3v) is 9.33. The van der Waals surface area contributed by atoms with Crippen molar-refractivity contribution in [1.29, 1.82) is 5.26 Å². The number of imidazole rings is 1. The Morgan fingerprint density at radius 1 is 0.902 bits per heavy atom. The Morgan fingerprint density at radius 2 is 1.51 bits per heavy atom. The molecular formula is C35H45N8O7P. The van der Waals surface area contributed by atoms with E-state index in [1.807, 2.05) is 12.1 Å². The van der Waals surface area contributed by atoms with Crippen molar-refractivity contribution in [3.05, 3.63) is 67.0 Å². The number of hydrogen-bond acceptors (Lipinski definition) is 12. The van der Waals surface area contributed by atoms with E-state index in [0.29, 0.717) is 35.6 Å². The minimum absolute atomic E-state index is 0.0422. The second-order valence-electron chi connectivity index (χ2n) is 11.8. The van der Waals surface area contributed by atoms with E-state index in [0.717, 1.165) is 0 Å². The van der Waals surface area contributed by atoms with Gasteiger partial charge in [-0.3, -0.25) is 14.9 Å². The quantitative estimate of drug-likeness (QED) is 0.0812. The summed E-state index contributed by atoms with van der Waals surface area (Å²) >= 11 is 0. The molecule has 2 N–H and O–H groups in total. The van der Waals surface area contributed by atoms with Gasteiger partial charge in [0.1, 0.15) is 11.5 Å². The van der Waals surface area contributed by atoms with E-state index in [2.05, 4.69) is 64.0 Å². The maximum absolute atomic E-state index is 12.9. The number of carbonyl (C=O) groups excluding carboxylic acids is 2. The zero-order chi connectivity index (χ0) is 36.6. The lowest BCUT2D eigenvalue weighted by atomic mass is 10.2. The molecule has 0 fully saturated rings. The molecule has 272 valence electrons. The number of amides is 2. The number of rotatable bonds is 21. The van der Waals surface area contributed by atoms with Gasteiger partial charge in [-0.05, 0) is 58.4 Å². The SMILES string of the molecule is CO[C@@H](CCn1cnc2c(NC(=O)COc3ccccc3)nc(NC(=O)COc3ccccc3)nc21)COP(OCCC#N)N(C(C)C)C(C)C. The number of para-hydroxylation sites is 2. The van der Waals surface area contributed by atoms with Gasteiger partial charge in [0, 0.05) is 25.7 Å². The maximum atomic E-state index is 12.9. The van der Waals surface area contributed by atoms with Crippen LogP contribution in [0.3, 0.4) is 0 Å². The molecule has 0 bridgehead atoms. The van der Waals surface area contributed by atoms with Gasteiger partial charge >= 0.3 is 0 Å². The van der Waals surface area contributed by atoms with Crippen molar-refractivity contribution >= 4 is 43.3 Å². The molecule has 51 heavy (non-hydrogen) atoms. The van der Waals surface area contributed by atoms with Crippen LogP contribution in [0.15, 0.2) is 67.0 Å². The Labute approximate surface area is 299 Å². The highest BCUT2D eigenvalue weighted by molar-refractivity contribution is 7.44. The van der Waals surface area contributed by atoms with E-state index in [1.54, 1.807) is 66.5 Å². The van der Waals surface area contributed by atoms with Crippen LogP contribution in [0.2, 0.25) is 0 Å². The standard InChI is InChI=1S/C35H45N8O7P/c1-25(2)43(26(3)4)51(49-20-12-18-36)50-21-29(46-5)17-19-42-24-37-32-33(38-30(44)22-47-27-13-8-6-9-14-27)40-35(41-34(32)42)39-31(45)23-48-28-15-10-7-11-16-28/h6-11,13-16,24-26,29H,12,17,19-23H2,1-5H3,(H2,38,39,40,41,44,45)/t29-,51?/m0/s1. The number of hydrogen-bond donors (Lipinski definition) is 2. The van der Waals surface area contributed by atoms with Gasteiger partial charge in [-0.15, -0.1) is 0 Å². The summed E-state index contributed by atoms with van der Waals surface area (Å²) in [6.45, 7) is 8.68. The second kappa shape index (κ2) is 20.2. The van der Waals surface area contributed by atoms with E-state index < -0.39 is 20.3 Å². The zero-order valence-corrected chi connectivity index (χ0v) is 30.4. The van der Waals surface area contributed by atoms with Gasteiger partial charge in [0.25, 0.3) is 20.3 Å². The molecule has 2 aromatic carbocycles. The van der Waals surface area contributed by atoms with Gasteiger partial charge in [0.15, 0.2) is 30.2 Å². The van der Waals surface area contributed by atoms with E-state index in [9.17, 15) is 9.59 Å². The Hall–Kier alpha value is -4.71. The Kier molecular flexibility index (Phi) is 15.5. The lowest BCUT2D eigenvalue weighted by Crippen LogP contribution is -2.34. The average molecular weight is 721 g/mol. The molecule has 15 nitrogen and oxygen atoms in total. The number of nitrogens with one attached hydrogen (secondary N) is 2. The normalized spacial score (nSPS) is 12.5. The summed E-state index contributed by atoms with van der Waals surface area (Å²) in [7, 11) is 0.173. The van der Waals surface area contributed by atoms with Crippen LogP contribution < -0.4 is 20.1 Å². The summed E-state index contributed by atoms with van der Waals surface area (Å²) in [4.78, 5) is 39.2. The van der Waals surface area contributed by atoms with E-state index in [-0.39, 0.29) is 62.8 Å². The van der Waals surface area contributed by atoms with Gasteiger partial charge in [-0.25, -0.2) is 9.65 Å². The highest BCUT2D eigenvalue weighted by Crippen LogP contribution is 2.46. The largest absolute Gasteiger partial charge is 0.484 e. The first-order chi connectivity index (χ1) is 24.7. The van der Waals surface area contributed by atoms with Crippen molar-refractivity contribution in [3.63, 3.8) is 0 Å². The first kappa shape index (κ1) is 39.1. The smallest absolute Gasteiger partial charge is 0.264 e. The van der Waals surface area contributed by atoms with E-state index in [1.165, 1.54) is 0 Å². The number of aryl methyl sites for hydroxylation is 1. The fourth-order valence-electron chi connectivity index (χ4n) is 4.92.